The lowest BCUT2D eigenvalue weighted by molar-refractivity contribution is -0.384. The van der Waals surface area contributed by atoms with Gasteiger partial charge in [-0.05, 0) is 18.2 Å². The number of benzene rings is 2. The first-order chi connectivity index (χ1) is 12.3. The number of nitrogens with zero attached hydrogens (tertiary/aromatic N) is 1. The zero-order valence-corrected chi connectivity index (χ0v) is 13.1. The highest BCUT2D eigenvalue weighted by atomic mass is 19.3. The largest absolute Gasteiger partial charge is 0.435 e. The molecule has 0 aliphatic rings. The van der Waals surface area contributed by atoms with Crippen molar-refractivity contribution in [2.75, 3.05) is 11.9 Å². The standard InChI is InChI=1S/C16H13F2N3O5/c17-16(18)26-13-6-2-4-11(8-13)20-14(22)9-19-15(23)10-3-1-5-12(7-10)21(24)25/h1-8,16H,9H2,(H,19,23)(H,20,22). The lowest BCUT2D eigenvalue weighted by Crippen LogP contribution is -2.32. The van der Waals surface area contributed by atoms with E-state index in [1.807, 2.05) is 0 Å². The lowest BCUT2D eigenvalue weighted by atomic mass is 10.2. The predicted octanol–water partition coefficient (Wildman–Crippen LogP) is 2.56. The minimum Gasteiger partial charge on any atom is -0.435 e. The number of nitro groups is 1. The second-order valence-corrected chi connectivity index (χ2v) is 4.94. The number of amides is 2. The Morgan fingerprint density at radius 2 is 1.88 bits per heavy atom. The summed E-state index contributed by atoms with van der Waals surface area (Å²) in [5.41, 5.74) is -0.0185. The van der Waals surface area contributed by atoms with E-state index in [0.29, 0.717) is 0 Å². The first-order valence-corrected chi connectivity index (χ1v) is 7.22. The highest BCUT2D eigenvalue weighted by molar-refractivity contribution is 5.99. The zero-order valence-electron chi connectivity index (χ0n) is 13.1. The van der Waals surface area contributed by atoms with Crippen LogP contribution in [0.5, 0.6) is 5.75 Å². The van der Waals surface area contributed by atoms with Crippen molar-refractivity contribution in [1.29, 1.82) is 0 Å². The van der Waals surface area contributed by atoms with E-state index in [-0.39, 0.29) is 22.7 Å². The summed E-state index contributed by atoms with van der Waals surface area (Å²) in [7, 11) is 0. The first-order valence-electron chi connectivity index (χ1n) is 7.22. The quantitative estimate of drug-likeness (QED) is 0.579. The molecule has 8 nitrogen and oxygen atoms in total. The number of hydrogen-bond donors (Lipinski definition) is 2. The molecule has 0 spiro atoms. The third-order valence-electron chi connectivity index (χ3n) is 3.07. The molecule has 2 amide bonds. The summed E-state index contributed by atoms with van der Waals surface area (Å²) in [6, 6.07) is 10.4. The van der Waals surface area contributed by atoms with Gasteiger partial charge in [0.2, 0.25) is 5.91 Å². The molecule has 10 heteroatoms. The van der Waals surface area contributed by atoms with Crippen LogP contribution in [0.4, 0.5) is 20.2 Å². The van der Waals surface area contributed by atoms with Crippen molar-refractivity contribution in [2.45, 2.75) is 6.61 Å². The molecule has 0 aliphatic heterocycles. The van der Waals surface area contributed by atoms with Crippen molar-refractivity contribution < 1.29 is 28.0 Å². The number of hydrogen-bond acceptors (Lipinski definition) is 5. The van der Waals surface area contributed by atoms with Crippen LogP contribution in [-0.4, -0.2) is 29.9 Å². The molecule has 0 saturated heterocycles. The fourth-order valence-corrected chi connectivity index (χ4v) is 1.98. The van der Waals surface area contributed by atoms with Gasteiger partial charge < -0.3 is 15.4 Å². The van der Waals surface area contributed by atoms with Crippen LogP contribution in [0.3, 0.4) is 0 Å². The SMILES string of the molecule is O=C(CNC(=O)c1cccc([N+](=O)[O-])c1)Nc1cccc(OC(F)F)c1. The van der Waals surface area contributed by atoms with E-state index in [0.717, 1.165) is 6.07 Å². The highest BCUT2D eigenvalue weighted by Crippen LogP contribution is 2.19. The van der Waals surface area contributed by atoms with E-state index in [2.05, 4.69) is 15.4 Å². The topological polar surface area (TPSA) is 111 Å². The van der Waals surface area contributed by atoms with Crippen molar-refractivity contribution in [1.82, 2.24) is 5.32 Å². The Labute approximate surface area is 145 Å². The molecule has 0 aliphatic carbocycles. The summed E-state index contributed by atoms with van der Waals surface area (Å²) >= 11 is 0. The average Bonchev–Trinajstić information content (AvgIpc) is 2.59. The van der Waals surface area contributed by atoms with Gasteiger partial charge in [0.25, 0.3) is 11.6 Å². The predicted molar refractivity (Wildman–Crippen MR) is 87.1 cm³/mol. The van der Waals surface area contributed by atoms with Gasteiger partial charge in [-0.15, -0.1) is 0 Å². The molecule has 0 bridgehead atoms. The van der Waals surface area contributed by atoms with Gasteiger partial charge in [0, 0.05) is 29.4 Å². The molecule has 0 atom stereocenters. The second-order valence-electron chi connectivity index (χ2n) is 4.94. The van der Waals surface area contributed by atoms with Crippen molar-refractivity contribution in [3.63, 3.8) is 0 Å². The van der Waals surface area contributed by atoms with E-state index in [1.54, 1.807) is 0 Å². The fraction of sp³-hybridized carbons (Fsp3) is 0.125. The second kappa shape index (κ2) is 8.51. The van der Waals surface area contributed by atoms with Gasteiger partial charge in [-0.1, -0.05) is 12.1 Å². The Morgan fingerprint density at radius 3 is 2.58 bits per heavy atom. The summed E-state index contributed by atoms with van der Waals surface area (Å²) in [6.45, 7) is -3.41. The minimum absolute atomic E-state index is 0.0272. The number of carbonyl (C=O) groups is 2. The number of carbonyl (C=O) groups excluding carboxylic acids is 2. The lowest BCUT2D eigenvalue weighted by Gasteiger charge is -2.09. The van der Waals surface area contributed by atoms with E-state index in [4.69, 9.17) is 0 Å². The maximum absolute atomic E-state index is 12.2. The Hall–Kier alpha value is -3.56. The molecule has 26 heavy (non-hydrogen) atoms. The zero-order chi connectivity index (χ0) is 19.1. The van der Waals surface area contributed by atoms with E-state index < -0.39 is 29.9 Å². The highest BCUT2D eigenvalue weighted by Gasteiger charge is 2.13. The molecule has 136 valence electrons. The number of ether oxygens (including phenoxy) is 1. The molecule has 0 unspecified atom stereocenters. The van der Waals surface area contributed by atoms with E-state index in [9.17, 15) is 28.5 Å². The summed E-state index contributed by atoms with van der Waals surface area (Å²) in [6.07, 6.45) is 0. The van der Waals surface area contributed by atoms with E-state index >= 15 is 0 Å². The molecule has 0 fully saturated rings. The van der Waals surface area contributed by atoms with Gasteiger partial charge in [0.15, 0.2) is 0 Å². The van der Waals surface area contributed by atoms with Crippen LogP contribution in [0.25, 0.3) is 0 Å². The summed E-state index contributed by atoms with van der Waals surface area (Å²) < 4.78 is 28.5. The number of nitro benzene ring substituents is 1. The van der Waals surface area contributed by atoms with Crippen molar-refractivity contribution in [2.24, 2.45) is 0 Å². The van der Waals surface area contributed by atoms with Gasteiger partial charge in [-0.3, -0.25) is 19.7 Å². The van der Waals surface area contributed by atoms with Gasteiger partial charge in [-0.2, -0.15) is 8.78 Å². The van der Waals surface area contributed by atoms with Crippen LogP contribution in [-0.2, 0) is 4.79 Å². The van der Waals surface area contributed by atoms with E-state index in [1.165, 1.54) is 42.5 Å². The van der Waals surface area contributed by atoms with Crippen molar-refractivity contribution in [3.8, 4) is 5.75 Å². The molecule has 2 aromatic rings. The molecule has 0 heterocycles. The van der Waals surface area contributed by atoms with Gasteiger partial charge in [-0.25, -0.2) is 0 Å². The van der Waals surface area contributed by atoms with Gasteiger partial charge >= 0.3 is 6.61 Å². The maximum atomic E-state index is 12.2. The normalized spacial score (nSPS) is 10.3. The van der Waals surface area contributed by atoms with Crippen LogP contribution < -0.4 is 15.4 Å². The Bertz CT molecular complexity index is 829. The first kappa shape index (κ1) is 18.8. The van der Waals surface area contributed by atoms with Crippen LogP contribution >= 0.6 is 0 Å². The van der Waals surface area contributed by atoms with Crippen molar-refractivity contribution in [3.05, 3.63) is 64.2 Å². The summed E-state index contributed by atoms with van der Waals surface area (Å²) in [4.78, 5) is 33.8. The fourth-order valence-electron chi connectivity index (χ4n) is 1.98. The average molecular weight is 365 g/mol. The molecule has 0 radical (unpaired) electrons. The Balaban J connectivity index is 1.91. The number of nitrogens with one attached hydrogen (secondary N) is 2. The number of alkyl halides is 2. The smallest absolute Gasteiger partial charge is 0.387 e. The molecular formula is C16H13F2N3O5. The molecule has 0 aromatic heterocycles. The van der Waals surface area contributed by atoms with Crippen LogP contribution in [0, 0.1) is 10.1 Å². The third kappa shape index (κ3) is 5.51. The number of halogens is 2. The number of rotatable bonds is 7. The minimum atomic E-state index is -2.99. The summed E-state index contributed by atoms with van der Waals surface area (Å²) in [5.74, 6) is -1.41. The monoisotopic (exact) mass is 365 g/mol. The molecule has 2 aromatic carbocycles. The van der Waals surface area contributed by atoms with Crippen LogP contribution in [0.15, 0.2) is 48.5 Å². The molecular weight excluding hydrogens is 352 g/mol. The van der Waals surface area contributed by atoms with Crippen LogP contribution in [0.1, 0.15) is 10.4 Å². The van der Waals surface area contributed by atoms with Gasteiger partial charge in [0.05, 0.1) is 11.5 Å². The number of non-ortho nitro benzene ring substituents is 1. The summed E-state index contributed by atoms with van der Waals surface area (Å²) in [5, 5.41) is 15.4. The van der Waals surface area contributed by atoms with Gasteiger partial charge in [0.1, 0.15) is 5.75 Å². The maximum Gasteiger partial charge on any atom is 0.387 e. The van der Waals surface area contributed by atoms with Crippen molar-refractivity contribution >= 4 is 23.2 Å². The molecule has 2 N–H and O–H groups in total. The Morgan fingerprint density at radius 1 is 1.15 bits per heavy atom. The molecule has 2 rings (SSSR count). The molecule has 0 saturated carbocycles. The van der Waals surface area contributed by atoms with Crippen LogP contribution in [0.2, 0.25) is 0 Å². The third-order valence-corrected chi connectivity index (χ3v) is 3.07. The Kier molecular flexibility index (Phi) is 6.15. The number of anilines is 1.